The maximum absolute atomic E-state index is 9.23. The van der Waals surface area contributed by atoms with E-state index in [1.54, 1.807) is 0 Å². The van der Waals surface area contributed by atoms with Crippen LogP contribution in [0.25, 0.3) is 0 Å². The van der Waals surface area contributed by atoms with Gasteiger partial charge in [-0.3, -0.25) is 0 Å². The van der Waals surface area contributed by atoms with Crippen LogP contribution in [0.15, 0.2) is 22.7 Å². The predicted molar refractivity (Wildman–Crippen MR) is 61.3 cm³/mol. The Bertz CT molecular complexity index is 323. The van der Waals surface area contributed by atoms with Gasteiger partial charge < -0.3 is 10.4 Å². The SMILES string of the molecule is OCc1c(Br)cccc1NC1CCC1. The zero-order valence-electron chi connectivity index (χ0n) is 7.96. The first-order valence-corrected chi connectivity index (χ1v) is 5.75. The molecule has 2 N–H and O–H groups in total. The number of hydrogen-bond acceptors (Lipinski definition) is 2. The first-order chi connectivity index (χ1) is 6.81. The van der Waals surface area contributed by atoms with Crippen molar-refractivity contribution in [3.05, 3.63) is 28.2 Å². The Balaban J connectivity index is 2.17. The highest BCUT2D eigenvalue weighted by Gasteiger charge is 2.18. The minimum Gasteiger partial charge on any atom is -0.392 e. The molecule has 0 saturated heterocycles. The fourth-order valence-corrected chi connectivity index (χ4v) is 2.12. The van der Waals surface area contributed by atoms with Gasteiger partial charge in [-0.25, -0.2) is 0 Å². The van der Waals surface area contributed by atoms with E-state index >= 15 is 0 Å². The van der Waals surface area contributed by atoms with Gasteiger partial charge >= 0.3 is 0 Å². The summed E-state index contributed by atoms with van der Waals surface area (Å²) in [5, 5.41) is 12.7. The number of anilines is 1. The van der Waals surface area contributed by atoms with Gasteiger partial charge in [0.1, 0.15) is 0 Å². The molecule has 1 aromatic carbocycles. The topological polar surface area (TPSA) is 32.3 Å². The minimum absolute atomic E-state index is 0.0798. The third kappa shape index (κ3) is 1.93. The van der Waals surface area contributed by atoms with Crippen molar-refractivity contribution in [3.8, 4) is 0 Å². The summed E-state index contributed by atoms with van der Waals surface area (Å²) in [5.74, 6) is 0. The maximum Gasteiger partial charge on any atom is 0.0713 e. The molecule has 0 bridgehead atoms. The second-order valence-electron chi connectivity index (χ2n) is 3.70. The number of hydrogen-bond donors (Lipinski definition) is 2. The molecule has 0 spiro atoms. The molecule has 0 aromatic heterocycles. The number of aliphatic hydroxyl groups excluding tert-OH is 1. The summed E-state index contributed by atoms with van der Waals surface area (Å²) in [5.41, 5.74) is 2.02. The highest BCUT2D eigenvalue weighted by atomic mass is 79.9. The molecule has 0 amide bonds. The summed E-state index contributed by atoms with van der Waals surface area (Å²) in [6.07, 6.45) is 3.81. The van der Waals surface area contributed by atoms with E-state index in [4.69, 9.17) is 0 Å². The van der Waals surface area contributed by atoms with E-state index in [2.05, 4.69) is 21.2 Å². The van der Waals surface area contributed by atoms with Crippen LogP contribution in [0.2, 0.25) is 0 Å². The van der Waals surface area contributed by atoms with Crippen molar-refractivity contribution < 1.29 is 5.11 Å². The van der Waals surface area contributed by atoms with Gasteiger partial charge in [0.25, 0.3) is 0 Å². The number of halogens is 1. The first kappa shape index (κ1) is 9.99. The monoisotopic (exact) mass is 255 g/mol. The summed E-state index contributed by atoms with van der Waals surface area (Å²) in [7, 11) is 0. The molecule has 14 heavy (non-hydrogen) atoms. The minimum atomic E-state index is 0.0798. The Morgan fingerprint density at radius 1 is 1.43 bits per heavy atom. The van der Waals surface area contributed by atoms with Crippen molar-refractivity contribution in [1.82, 2.24) is 0 Å². The van der Waals surface area contributed by atoms with Gasteiger partial charge in [-0.15, -0.1) is 0 Å². The molecular formula is C11H14BrNO. The van der Waals surface area contributed by atoms with Gasteiger partial charge in [-0.1, -0.05) is 22.0 Å². The average molecular weight is 256 g/mol. The van der Waals surface area contributed by atoms with Gasteiger partial charge in [0.05, 0.1) is 6.61 Å². The van der Waals surface area contributed by atoms with Gasteiger partial charge in [-0.05, 0) is 31.4 Å². The largest absolute Gasteiger partial charge is 0.392 e. The van der Waals surface area contributed by atoms with Crippen LogP contribution in [0.5, 0.6) is 0 Å². The Kier molecular flexibility index (Phi) is 3.08. The van der Waals surface area contributed by atoms with E-state index in [9.17, 15) is 5.11 Å². The van der Waals surface area contributed by atoms with Crippen LogP contribution in [-0.2, 0) is 6.61 Å². The average Bonchev–Trinajstić information content (AvgIpc) is 2.11. The second-order valence-corrected chi connectivity index (χ2v) is 4.55. The molecule has 0 radical (unpaired) electrons. The number of nitrogens with one attached hydrogen (secondary N) is 1. The Labute approximate surface area is 92.5 Å². The highest BCUT2D eigenvalue weighted by Crippen LogP contribution is 2.29. The van der Waals surface area contributed by atoms with Crippen molar-refractivity contribution in [2.45, 2.75) is 31.9 Å². The fraction of sp³-hybridized carbons (Fsp3) is 0.455. The van der Waals surface area contributed by atoms with Crippen LogP contribution in [0, 0.1) is 0 Å². The molecule has 2 nitrogen and oxygen atoms in total. The Morgan fingerprint density at radius 2 is 2.21 bits per heavy atom. The van der Waals surface area contributed by atoms with E-state index in [0.717, 1.165) is 15.7 Å². The quantitative estimate of drug-likeness (QED) is 0.871. The molecule has 1 aliphatic rings. The molecule has 76 valence electrons. The van der Waals surface area contributed by atoms with Crippen LogP contribution < -0.4 is 5.32 Å². The molecular weight excluding hydrogens is 242 g/mol. The molecule has 0 unspecified atom stereocenters. The third-order valence-electron chi connectivity index (χ3n) is 2.74. The number of benzene rings is 1. The first-order valence-electron chi connectivity index (χ1n) is 4.96. The van der Waals surface area contributed by atoms with Crippen LogP contribution in [0.3, 0.4) is 0 Å². The standard InChI is InChI=1S/C11H14BrNO/c12-10-5-2-6-11(9(10)7-14)13-8-3-1-4-8/h2,5-6,8,13-14H,1,3-4,7H2. The van der Waals surface area contributed by atoms with E-state index in [1.165, 1.54) is 19.3 Å². The van der Waals surface area contributed by atoms with Crippen molar-refractivity contribution in [1.29, 1.82) is 0 Å². The van der Waals surface area contributed by atoms with Gasteiger partial charge in [0.2, 0.25) is 0 Å². The summed E-state index contributed by atoms with van der Waals surface area (Å²) in [6.45, 7) is 0.0798. The normalized spacial score (nSPS) is 16.4. The third-order valence-corrected chi connectivity index (χ3v) is 3.48. The van der Waals surface area contributed by atoms with E-state index in [1.807, 2.05) is 18.2 Å². The molecule has 0 aliphatic heterocycles. The number of rotatable bonds is 3. The van der Waals surface area contributed by atoms with E-state index < -0.39 is 0 Å². The molecule has 1 saturated carbocycles. The molecule has 1 fully saturated rings. The zero-order chi connectivity index (χ0) is 9.97. The lowest BCUT2D eigenvalue weighted by atomic mass is 9.92. The molecule has 1 aromatic rings. The molecule has 1 aliphatic carbocycles. The van der Waals surface area contributed by atoms with Crippen molar-refractivity contribution >= 4 is 21.6 Å². The van der Waals surface area contributed by atoms with Gasteiger partial charge in [0.15, 0.2) is 0 Å². The lowest BCUT2D eigenvalue weighted by molar-refractivity contribution is 0.281. The number of aliphatic hydroxyl groups is 1. The van der Waals surface area contributed by atoms with Crippen LogP contribution in [0.1, 0.15) is 24.8 Å². The second kappa shape index (κ2) is 4.32. The summed E-state index contributed by atoms with van der Waals surface area (Å²) >= 11 is 3.44. The van der Waals surface area contributed by atoms with E-state index in [0.29, 0.717) is 6.04 Å². The lowest BCUT2D eigenvalue weighted by Crippen LogP contribution is -2.27. The van der Waals surface area contributed by atoms with Crippen molar-refractivity contribution in [2.24, 2.45) is 0 Å². The van der Waals surface area contributed by atoms with Crippen LogP contribution in [0.4, 0.5) is 5.69 Å². The molecule has 2 rings (SSSR count). The van der Waals surface area contributed by atoms with Crippen molar-refractivity contribution in [3.63, 3.8) is 0 Å². The highest BCUT2D eigenvalue weighted by molar-refractivity contribution is 9.10. The summed E-state index contributed by atoms with van der Waals surface area (Å²) in [4.78, 5) is 0. The fourth-order valence-electron chi connectivity index (χ4n) is 1.63. The Morgan fingerprint density at radius 3 is 2.79 bits per heavy atom. The van der Waals surface area contributed by atoms with E-state index in [-0.39, 0.29) is 6.61 Å². The molecule has 0 heterocycles. The summed E-state index contributed by atoms with van der Waals surface area (Å²) in [6, 6.07) is 6.57. The molecule has 3 heteroatoms. The van der Waals surface area contributed by atoms with Crippen molar-refractivity contribution in [2.75, 3.05) is 5.32 Å². The lowest BCUT2D eigenvalue weighted by Gasteiger charge is -2.28. The van der Waals surface area contributed by atoms with Crippen LogP contribution >= 0.6 is 15.9 Å². The van der Waals surface area contributed by atoms with Gasteiger partial charge in [-0.2, -0.15) is 0 Å². The summed E-state index contributed by atoms with van der Waals surface area (Å²) < 4.78 is 0.976. The van der Waals surface area contributed by atoms with Crippen LogP contribution in [-0.4, -0.2) is 11.1 Å². The maximum atomic E-state index is 9.23. The zero-order valence-corrected chi connectivity index (χ0v) is 9.55. The predicted octanol–water partition coefficient (Wildman–Crippen LogP) is 2.91. The Hall–Kier alpha value is -0.540. The van der Waals surface area contributed by atoms with Gasteiger partial charge in [0, 0.05) is 21.8 Å². The molecule has 0 atom stereocenters. The smallest absolute Gasteiger partial charge is 0.0713 e.